The quantitative estimate of drug-likeness (QED) is 0.616. The number of benzene rings is 1. The first-order valence-electron chi connectivity index (χ1n) is 8.03. The highest BCUT2D eigenvalue weighted by atomic mass is 16.5. The lowest BCUT2D eigenvalue weighted by Crippen LogP contribution is -2.17. The van der Waals surface area contributed by atoms with Crippen molar-refractivity contribution in [1.82, 2.24) is 4.98 Å². The number of hydrogen-bond acceptors (Lipinski definition) is 6. The van der Waals surface area contributed by atoms with E-state index in [4.69, 9.17) is 4.74 Å². The molecule has 0 atom stereocenters. The van der Waals surface area contributed by atoms with Gasteiger partial charge in [0.15, 0.2) is 5.78 Å². The highest BCUT2D eigenvalue weighted by Crippen LogP contribution is 2.23. The number of rotatable bonds is 5. The fraction of sp³-hybridized carbons (Fsp3) is 0.263. The molecule has 142 valence electrons. The highest BCUT2D eigenvalue weighted by molar-refractivity contribution is 6.10. The summed E-state index contributed by atoms with van der Waals surface area (Å²) in [6, 6.07) is 4.08. The van der Waals surface area contributed by atoms with E-state index in [1.807, 2.05) is 0 Å². The fourth-order valence-corrected chi connectivity index (χ4v) is 2.87. The summed E-state index contributed by atoms with van der Waals surface area (Å²) < 4.78 is 9.37. The number of nitrogens with one attached hydrogen (secondary N) is 2. The molecule has 27 heavy (non-hydrogen) atoms. The number of aromatic nitrogens is 1. The van der Waals surface area contributed by atoms with Gasteiger partial charge in [-0.1, -0.05) is 0 Å². The predicted molar refractivity (Wildman–Crippen MR) is 97.3 cm³/mol. The number of aromatic amines is 1. The summed E-state index contributed by atoms with van der Waals surface area (Å²) in [5.41, 5.74) is 2.03. The van der Waals surface area contributed by atoms with E-state index in [-0.39, 0.29) is 28.3 Å². The van der Waals surface area contributed by atoms with Crippen LogP contribution >= 0.6 is 0 Å². The minimum Gasteiger partial charge on any atom is -0.465 e. The Kier molecular flexibility index (Phi) is 5.79. The molecular weight excluding hydrogens is 352 g/mol. The van der Waals surface area contributed by atoms with Crippen molar-refractivity contribution in [2.75, 3.05) is 19.5 Å². The molecule has 0 unspecified atom stereocenters. The maximum Gasteiger partial charge on any atom is 0.339 e. The van der Waals surface area contributed by atoms with Gasteiger partial charge < -0.3 is 19.8 Å². The third-order valence-electron chi connectivity index (χ3n) is 4.11. The Bertz CT molecular complexity index is 942. The van der Waals surface area contributed by atoms with Gasteiger partial charge in [-0.2, -0.15) is 0 Å². The maximum absolute atomic E-state index is 12.7. The number of ether oxygens (including phenoxy) is 2. The van der Waals surface area contributed by atoms with Gasteiger partial charge in [-0.3, -0.25) is 9.59 Å². The van der Waals surface area contributed by atoms with Crippen LogP contribution in [-0.4, -0.2) is 42.8 Å². The number of carbonyl (C=O) groups excluding carboxylic acids is 4. The van der Waals surface area contributed by atoms with Crippen molar-refractivity contribution in [3.63, 3.8) is 0 Å². The Morgan fingerprint density at radius 1 is 1.00 bits per heavy atom. The van der Waals surface area contributed by atoms with E-state index >= 15 is 0 Å². The summed E-state index contributed by atoms with van der Waals surface area (Å²) in [6.45, 7) is 4.76. The molecule has 2 rings (SSSR count). The molecule has 0 saturated heterocycles. The van der Waals surface area contributed by atoms with Gasteiger partial charge in [0.2, 0.25) is 0 Å². The van der Waals surface area contributed by atoms with Crippen LogP contribution in [0.25, 0.3) is 0 Å². The zero-order valence-electron chi connectivity index (χ0n) is 15.7. The number of amides is 1. The molecule has 8 nitrogen and oxygen atoms in total. The van der Waals surface area contributed by atoms with Gasteiger partial charge in [-0.15, -0.1) is 0 Å². The van der Waals surface area contributed by atoms with E-state index in [1.54, 1.807) is 13.8 Å². The summed E-state index contributed by atoms with van der Waals surface area (Å²) in [6.07, 6.45) is 0. The molecule has 0 aliphatic carbocycles. The van der Waals surface area contributed by atoms with Gasteiger partial charge in [0.25, 0.3) is 5.91 Å². The normalized spacial score (nSPS) is 10.3. The van der Waals surface area contributed by atoms with Crippen molar-refractivity contribution in [2.45, 2.75) is 20.8 Å². The van der Waals surface area contributed by atoms with Crippen LogP contribution in [0.2, 0.25) is 0 Å². The van der Waals surface area contributed by atoms with Crippen molar-refractivity contribution in [3.05, 3.63) is 51.8 Å². The van der Waals surface area contributed by atoms with Crippen LogP contribution in [0.15, 0.2) is 18.2 Å². The summed E-state index contributed by atoms with van der Waals surface area (Å²) in [4.78, 5) is 51.1. The average Bonchev–Trinajstić information content (AvgIpc) is 2.94. The standard InChI is InChI=1S/C19H20N2O6/c1-9-15(11(3)22)10(2)20-16(9)17(23)21-14-8-12(18(24)26-4)6-7-13(14)19(25)27-5/h6-8,20H,1-5H3,(H,21,23). The lowest BCUT2D eigenvalue weighted by Gasteiger charge is -2.11. The van der Waals surface area contributed by atoms with E-state index in [0.717, 1.165) is 0 Å². The molecule has 0 aliphatic heterocycles. The number of esters is 2. The topological polar surface area (TPSA) is 115 Å². The van der Waals surface area contributed by atoms with E-state index in [1.165, 1.54) is 39.3 Å². The molecule has 1 heterocycles. The van der Waals surface area contributed by atoms with Gasteiger partial charge in [-0.05, 0) is 44.5 Å². The van der Waals surface area contributed by atoms with Gasteiger partial charge in [0.1, 0.15) is 5.69 Å². The van der Waals surface area contributed by atoms with Crippen molar-refractivity contribution >= 4 is 29.3 Å². The highest BCUT2D eigenvalue weighted by Gasteiger charge is 2.22. The van der Waals surface area contributed by atoms with Crippen molar-refractivity contribution in [2.24, 2.45) is 0 Å². The molecule has 0 bridgehead atoms. The Morgan fingerprint density at radius 3 is 2.15 bits per heavy atom. The third kappa shape index (κ3) is 3.89. The first-order chi connectivity index (χ1) is 12.7. The first kappa shape index (κ1) is 19.9. The van der Waals surface area contributed by atoms with Gasteiger partial charge in [0, 0.05) is 11.3 Å². The summed E-state index contributed by atoms with van der Waals surface area (Å²) >= 11 is 0. The molecule has 1 amide bonds. The second-order valence-corrected chi connectivity index (χ2v) is 5.88. The summed E-state index contributed by atoms with van der Waals surface area (Å²) in [5, 5.41) is 2.59. The zero-order valence-corrected chi connectivity index (χ0v) is 15.7. The van der Waals surface area contributed by atoms with E-state index in [9.17, 15) is 19.2 Å². The van der Waals surface area contributed by atoms with E-state index in [2.05, 4.69) is 15.0 Å². The predicted octanol–water partition coefficient (Wildman–Crippen LogP) is 2.66. The molecule has 2 aromatic rings. The molecule has 1 aromatic heterocycles. The smallest absolute Gasteiger partial charge is 0.339 e. The van der Waals surface area contributed by atoms with Crippen molar-refractivity contribution in [1.29, 1.82) is 0 Å². The number of Topliss-reactive ketones (excluding diaryl/α,β-unsaturated/α-hetero) is 1. The van der Waals surface area contributed by atoms with E-state index in [0.29, 0.717) is 16.8 Å². The van der Waals surface area contributed by atoms with Crippen LogP contribution in [0.3, 0.4) is 0 Å². The summed E-state index contributed by atoms with van der Waals surface area (Å²) in [7, 11) is 2.43. The average molecular weight is 372 g/mol. The zero-order chi connectivity index (χ0) is 20.3. The van der Waals surface area contributed by atoms with Crippen molar-refractivity contribution in [3.8, 4) is 0 Å². The number of anilines is 1. The van der Waals surface area contributed by atoms with Crippen LogP contribution < -0.4 is 5.32 Å². The number of aryl methyl sites for hydroxylation is 1. The van der Waals surface area contributed by atoms with Crippen molar-refractivity contribution < 1.29 is 28.7 Å². The Hall–Kier alpha value is -3.42. The number of methoxy groups -OCH3 is 2. The minimum absolute atomic E-state index is 0.0752. The van der Waals surface area contributed by atoms with Crippen LogP contribution in [0.5, 0.6) is 0 Å². The Morgan fingerprint density at radius 2 is 1.63 bits per heavy atom. The molecule has 0 spiro atoms. The van der Waals surface area contributed by atoms with Crippen LogP contribution in [-0.2, 0) is 9.47 Å². The van der Waals surface area contributed by atoms with Crippen LogP contribution in [0.4, 0.5) is 5.69 Å². The lowest BCUT2D eigenvalue weighted by atomic mass is 10.1. The fourth-order valence-electron chi connectivity index (χ4n) is 2.87. The molecule has 0 saturated carbocycles. The maximum atomic E-state index is 12.7. The minimum atomic E-state index is -0.675. The lowest BCUT2D eigenvalue weighted by molar-refractivity contribution is 0.0587. The number of H-pyrrole nitrogens is 1. The molecular formula is C19H20N2O6. The third-order valence-corrected chi connectivity index (χ3v) is 4.11. The SMILES string of the molecule is COC(=O)c1ccc(C(=O)OC)c(NC(=O)c2[nH]c(C)c(C(C)=O)c2C)c1. The van der Waals surface area contributed by atoms with Gasteiger partial charge in [-0.25, -0.2) is 9.59 Å². The molecule has 0 aliphatic rings. The molecule has 2 N–H and O–H groups in total. The number of ketones is 1. The van der Waals surface area contributed by atoms with Gasteiger partial charge in [0.05, 0.1) is 31.0 Å². The van der Waals surface area contributed by atoms with Crippen LogP contribution in [0.1, 0.15) is 59.7 Å². The number of carbonyl (C=O) groups is 4. The second-order valence-electron chi connectivity index (χ2n) is 5.88. The summed E-state index contributed by atoms with van der Waals surface area (Å²) in [5.74, 6) is -2.02. The largest absolute Gasteiger partial charge is 0.465 e. The Balaban J connectivity index is 2.47. The first-order valence-corrected chi connectivity index (χ1v) is 8.03. The monoisotopic (exact) mass is 372 g/mol. The number of hydrogen-bond donors (Lipinski definition) is 2. The molecule has 0 fully saturated rings. The van der Waals surface area contributed by atoms with Gasteiger partial charge >= 0.3 is 11.9 Å². The molecule has 8 heteroatoms. The second kappa shape index (κ2) is 7.86. The molecule has 1 aromatic carbocycles. The van der Waals surface area contributed by atoms with Crippen LogP contribution in [0, 0.1) is 13.8 Å². The van der Waals surface area contributed by atoms with E-state index < -0.39 is 17.8 Å². The molecule has 0 radical (unpaired) electrons. The Labute approximate surface area is 155 Å².